The third kappa shape index (κ3) is 2.63. The fourth-order valence-electron chi connectivity index (χ4n) is 2.07. The molecule has 2 aromatic rings. The topological polar surface area (TPSA) is 79.9 Å². The Balaban J connectivity index is 2.55. The number of aliphatic hydroxyl groups excluding tert-OH is 1. The van der Waals surface area contributed by atoms with E-state index in [4.69, 9.17) is 14.3 Å². The predicted molar refractivity (Wildman–Crippen MR) is 75.4 cm³/mol. The fourth-order valence-corrected chi connectivity index (χ4v) is 2.07. The van der Waals surface area contributed by atoms with Crippen LogP contribution in [0, 0.1) is 0 Å². The van der Waals surface area contributed by atoms with E-state index >= 15 is 0 Å². The molecule has 0 amide bonds. The number of ether oxygens (including phenoxy) is 1. The average Bonchev–Trinajstić information content (AvgIpc) is 2.44. The molecule has 0 aliphatic carbocycles. The monoisotopic (exact) mass is 278 g/mol. The summed E-state index contributed by atoms with van der Waals surface area (Å²) >= 11 is 0. The van der Waals surface area contributed by atoms with Crippen LogP contribution in [0.15, 0.2) is 27.4 Å². The molecule has 0 radical (unpaired) electrons. The van der Waals surface area contributed by atoms with Crippen molar-refractivity contribution >= 4 is 11.0 Å². The van der Waals surface area contributed by atoms with Gasteiger partial charge in [0.2, 0.25) is 0 Å². The van der Waals surface area contributed by atoms with Crippen molar-refractivity contribution in [2.45, 2.75) is 26.2 Å². The maximum absolute atomic E-state index is 12.0. The smallest absolute Gasteiger partial charge is 0.343 e. The summed E-state index contributed by atoms with van der Waals surface area (Å²) in [7, 11) is 0. The third-order valence-electron chi connectivity index (χ3n) is 3.35. The normalized spacial score (nSPS) is 12.6. The van der Waals surface area contributed by atoms with Gasteiger partial charge in [0.25, 0.3) is 0 Å². The van der Waals surface area contributed by atoms with Crippen molar-refractivity contribution in [1.82, 2.24) is 0 Å². The van der Waals surface area contributed by atoms with Crippen LogP contribution in [-0.2, 0) is 0 Å². The van der Waals surface area contributed by atoms with Gasteiger partial charge in [-0.1, -0.05) is 13.8 Å². The number of aliphatic hydroxyl groups is 1. The van der Waals surface area contributed by atoms with E-state index < -0.39 is 5.63 Å². The van der Waals surface area contributed by atoms with Gasteiger partial charge in [-0.05, 0) is 24.5 Å². The standard InChI is InChI=1S/C15H18O5/c1-3-9(2)13-14(17)11-5-4-10(19-7-6-16)8-12(11)20-15(13)18/h4-5,8-9,16-17H,3,6-7H2,1-2H3. The van der Waals surface area contributed by atoms with Gasteiger partial charge in [0, 0.05) is 6.07 Å². The van der Waals surface area contributed by atoms with E-state index in [1.807, 2.05) is 13.8 Å². The highest BCUT2D eigenvalue weighted by molar-refractivity contribution is 5.85. The first-order valence-electron chi connectivity index (χ1n) is 6.61. The maximum Gasteiger partial charge on any atom is 0.343 e. The van der Waals surface area contributed by atoms with Gasteiger partial charge in [0.1, 0.15) is 23.7 Å². The minimum absolute atomic E-state index is 0.0284. The second-order valence-electron chi connectivity index (χ2n) is 4.69. The lowest BCUT2D eigenvalue weighted by atomic mass is 9.98. The van der Waals surface area contributed by atoms with Crippen LogP contribution in [0.5, 0.6) is 11.5 Å². The van der Waals surface area contributed by atoms with Gasteiger partial charge in [-0.15, -0.1) is 0 Å². The lowest BCUT2D eigenvalue weighted by Gasteiger charge is -2.12. The quantitative estimate of drug-likeness (QED) is 0.821. The van der Waals surface area contributed by atoms with Crippen LogP contribution >= 0.6 is 0 Å². The summed E-state index contributed by atoms with van der Waals surface area (Å²) in [6, 6.07) is 4.84. The lowest BCUT2D eigenvalue weighted by molar-refractivity contribution is 0.201. The Hall–Kier alpha value is -2.01. The second kappa shape index (κ2) is 5.96. The SMILES string of the molecule is CCC(C)c1c(O)c2ccc(OCCO)cc2oc1=O. The van der Waals surface area contributed by atoms with Gasteiger partial charge in [0.05, 0.1) is 17.6 Å². The maximum atomic E-state index is 12.0. The molecular formula is C15H18O5. The number of benzene rings is 1. The van der Waals surface area contributed by atoms with Crippen molar-refractivity contribution in [3.05, 3.63) is 34.2 Å². The molecule has 5 nitrogen and oxygen atoms in total. The summed E-state index contributed by atoms with van der Waals surface area (Å²) in [4.78, 5) is 12.0. The molecule has 0 fully saturated rings. The molecule has 0 saturated heterocycles. The van der Waals surface area contributed by atoms with Crippen molar-refractivity contribution in [2.24, 2.45) is 0 Å². The van der Waals surface area contributed by atoms with Crippen LogP contribution in [0.3, 0.4) is 0 Å². The Morgan fingerprint density at radius 3 is 2.80 bits per heavy atom. The number of hydrogen-bond acceptors (Lipinski definition) is 5. The van der Waals surface area contributed by atoms with E-state index in [-0.39, 0.29) is 30.5 Å². The Labute approximate surface area is 116 Å². The van der Waals surface area contributed by atoms with Gasteiger partial charge in [-0.3, -0.25) is 0 Å². The molecule has 0 bridgehead atoms. The molecule has 1 aromatic heterocycles. The summed E-state index contributed by atoms with van der Waals surface area (Å²) < 4.78 is 10.5. The van der Waals surface area contributed by atoms with E-state index in [1.165, 1.54) is 6.07 Å². The molecule has 0 saturated carbocycles. The first-order chi connectivity index (χ1) is 9.58. The second-order valence-corrected chi connectivity index (χ2v) is 4.69. The highest BCUT2D eigenvalue weighted by atomic mass is 16.5. The summed E-state index contributed by atoms with van der Waals surface area (Å²) in [5.41, 5.74) is 0.0580. The molecule has 1 aromatic carbocycles. The van der Waals surface area contributed by atoms with Crippen molar-refractivity contribution in [1.29, 1.82) is 0 Å². The molecule has 2 rings (SSSR count). The van der Waals surface area contributed by atoms with Gasteiger partial charge >= 0.3 is 5.63 Å². The van der Waals surface area contributed by atoms with Crippen LogP contribution in [0.1, 0.15) is 31.7 Å². The molecule has 1 unspecified atom stereocenters. The summed E-state index contributed by atoms with van der Waals surface area (Å²) in [5.74, 6) is 0.380. The van der Waals surface area contributed by atoms with E-state index in [9.17, 15) is 9.90 Å². The zero-order chi connectivity index (χ0) is 14.7. The Morgan fingerprint density at radius 1 is 1.40 bits per heavy atom. The number of fused-ring (bicyclic) bond motifs is 1. The zero-order valence-corrected chi connectivity index (χ0v) is 11.5. The van der Waals surface area contributed by atoms with E-state index in [1.54, 1.807) is 12.1 Å². The zero-order valence-electron chi connectivity index (χ0n) is 11.5. The fraction of sp³-hybridized carbons (Fsp3) is 0.400. The van der Waals surface area contributed by atoms with Gasteiger partial charge in [-0.2, -0.15) is 0 Å². The Bertz CT molecular complexity index is 659. The van der Waals surface area contributed by atoms with Crippen molar-refractivity contribution in [2.75, 3.05) is 13.2 Å². The summed E-state index contributed by atoms with van der Waals surface area (Å²) in [5, 5.41) is 19.5. The molecule has 1 atom stereocenters. The number of rotatable bonds is 5. The highest BCUT2D eigenvalue weighted by Gasteiger charge is 2.18. The van der Waals surface area contributed by atoms with Gasteiger partial charge in [0.15, 0.2) is 0 Å². The van der Waals surface area contributed by atoms with Gasteiger partial charge in [-0.25, -0.2) is 4.79 Å². The molecule has 0 aliphatic rings. The van der Waals surface area contributed by atoms with Crippen LogP contribution in [0.2, 0.25) is 0 Å². The molecular weight excluding hydrogens is 260 g/mol. The van der Waals surface area contributed by atoms with Gasteiger partial charge < -0.3 is 19.4 Å². The number of hydrogen-bond donors (Lipinski definition) is 2. The highest BCUT2D eigenvalue weighted by Crippen LogP contribution is 2.33. The first kappa shape index (κ1) is 14.4. The van der Waals surface area contributed by atoms with Crippen LogP contribution < -0.4 is 10.4 Å². The van der Waals surface area contributed by atoms with Crippen molar-refractivity contribution in [3.63, 3.8) is 0 Å². The number of aromatic hydroxyl groups is 1. The largest absolute Gasteiger partial charge is 0.507 e. The Morgan fingerprint density at radius 2 is 2.15 bits per heavy atom. The van der Waals surface area contributed by atoms with Crippen molar-refractivity contribution in [3.8, 4) is 11.5 Å². The third-order valence-corrected chi connectivity index (χ3v) is 3.35. The molecule has 1 heterocycles. The lowest BCUT2D eigenvalue weighted by Crippen LogP contribution is -2.10. The van der Waals surface area contributed by atoms with E-state index in [0.717, 1.165) is 6.42 Å². The van der Waals surface area contributed by atoms with Crippen LogP contribution in [-0.4, -0.2) is 23.4 Å². The average molecular weight is 278 g/mol. The van der Waals surface area contributed by atoms with Crippen molar-refractivity contribution < 1.29 is 19.4 Å². The minimum Gasteiger partial charge on any atom is -0.507 e. The van der Waals surface area contributed by atoms with E-state index in [0.29, 0.717) is 16.7 Å². The molecule has 0 aliphatic heterocycles. The summed E-state index contributed by atoms with van der Waals surface area (Å²) in [6.07, 6.45) is 0.738. The van der Waals surface area contributed by atoms with Crippen LogP contribution in [0.25, 0.3) is 11.0 Å². The molecule has 5 heteroatoms. The molecule has 0 spiro atoms. The predicted octanol–water partition coefficient (Wildman–Crippen LogP) is 2.38. The molecule has 20 heavy (non-hydrogen) atoms. The Kier molecular flexibility index (Phi) is 4.29. The van der Waals surface area contributed by atoms with E-state index in [2.05, 4.69) is 0 Å². The minimum atomic E-state index is -0.524. The van der Waals surface area contributed by atoms with Crippen LogP contribution in [0.4, 0.5) is 0 Å². The summed E-state index contributed by atoms with van der Waals surface area (Å²) in [6.45, 7) is 3.88. The molecule has 2 N–H and O–H groups in total. The first-order valence-corrected chi connectivity index (χ1v) is 6.61. The molecule has 108 valence electrons.